The van der Waals surface area contributed by atoms with E-state index in [0.29, 0.717) is 22.7 Å². The molecule has 0 saturated carbocycles. The van der Waals surface area contributed by atoms with E-state index in [2.05, 4.69) is 125 Å². The number of pyridine rings is 1. The van der Waals surface area contributed by atoms with Gasteiger partial charge >= 0.3 is 184 Å². The zero-order valence-corrected chi connectivity index (χ0v) is 37.0. The first-order valence-electron chi connectivity index (χ1n) is 23.6. The molecule has 300 valence electrons. The molecule has 11 aromatic rings. The van der Waals surface area contributed by atoms with Crippen molar-refractivity contribution in [1.29, 1.82) is 0 Å². The van der Waals surface area contributed by atoms with Crippen LogP contribution in [-0.2, 0) is 0 Å². The molecule has 1 aliphatic rings. The van der Waals surface area contributed by atoms with Crippen LogP contribution in [0.3, 0.4) is 0 Å². The van der Waals surface area contributed by atoms with Crippen LogP contribution in [0.4, 0.5) is 0 Å². The van der Waals surface area contributed by atoms with Gasteiger partial charge < -0.3 is 0 Å². The number of hydrogen-bond acceptors (Lipinski definition) is 2. The monoisotopic (exact) mass is 877 g/mol. The number of para-hydroxylation sites is 3. The minimum Gasteiger partial charge on any atom is -0.0660 e. The Balaban J connectivity index is 1.06. The van der Waals surface area contributed by atoms with E-state index in [1.165, 1.54) is 4.40 Å². The van der Waals surface area contributed by atoms with Gasteiger partial charge in [0.15, 0.2) is 0 Å². The van der Waals surface area contributed by atoms with Crippen molar-refractivity contribution in [3.05, 3.63) is 207 Å². The number of benzene rings is 8. The molecule has 0 N–H and O–H groups in total. The van der Waals surface area contributed by atoms with Crippen molar-refractivity contribution in [2.75, 3.05) is 0 Å². The third-order valence-corrected chi connectivity index (χ3v) is 16.5. The average molecular weight is 877 g/mol. The molecule has 5 nitrogen and oxygen atoms in total. The Morgan fingerprint density at radius 3 is 1.97 bits per heavy atom. The number of fused-ring (bicyclic) bond motifs is 10. The summed E-state index contributed by atoms with van der Waals surface area (Å²) in [7, 11) is 0. The zero-order chi connectivity index (χ0) is 46.6. The Hall–Kier alpha value is -7.48. The van der Waals surface area contributed by atoms with Gasteiger partial charge in [-0.15, -0.1) is 0 Å². The maximum Gasteiger partial charge on any atom is 0.0890 e. The summed E-state index contributed by atoms with van der Waals surface area (Å²) >= 11 is -2.18. The number of ether oxygens (including phenoxy) is 1. The van der Waals surface area contributed by atoms with E-state index >= 15 is 0 Å². The molecule has 0 radical (unpaired) electrons. The summed E-state index contributed by atoms with van der Waals surface area (Å²) in [4.78, 5) is 4.90. The molecule has 6 heteroatoms. The molecule has 1 aliphatic heterocycles. The maximum atomic E-state index is 9.17. The predicted octanol–water partition coefficient (Wildman–Crippen LogP) is 13.5. The summed E-state index contributed by atoms with van der Waals surface area (Å²) in [5.41, 5.74) is 11.6. The zero-order valence-electron chi connectivity index (χ0n) is 39.9. The summed E-state index contributed by atoms with van der Waals surface area (Å²) < 4.78 is 58.6. The third-order valence-electron chi connectivity index (χ3n) is 12.2. The van der Waals surface area contributed by atoms with Crippen LogP contribution < -0.4 is 13.7 Å². The molecular weight excluding hydrogens is 829 g/mol. The first kappa shape index (κ1) is 32.3. The van der Waals surface area contributed by atoms with Gasteiger partial charge in [0.2, 0.25) is 0 Å². The van der Waals surface area contributed by atoms with Crippen molar-refractivity contribution >= 4 is 50.5 Å². The van der Waals surface area contributed by atoms with Crippen molar-refractivity contribution in [3.63, 3.8) is 0 Å². The third kappa shape index (κ3) is 6.14. The summed E-state index contributed by atoms with van der Waals surface area (Å²) in [5, 5.41) is 2.26. The van der Waals surface area contributed by atoms with Gasteiger partial charge in [0.05, 0.1) is 23.6 Å². The molecule has 0 atom stereocenters. The largest absolute Gasteiger partial charge is 0.0890 e. The standard InChI is InChI=1S/C57H42GeN4O/c1-58(2,3)39-32-33-59-55(34-39)62-52-28-12-11-24-48(52)49-31-30-42(36-54(49)62)63-41-19-13-18-40(35-41)60-37-61-56-43(38-16-5-4-6-17-38)25-14-26-50(56)46-22-9-7-20-44(46)45-21-8-10-23-47(45)51-27-15-29-53(60)57(51)61/h4-36H,1-3H3/i4D,5D,6D,16D,17D. The van der Waals surface area contributed by atoms with Crippen LogP contribution in [0, 0.1) is 6.33 Å². The van der Waals surface area contributed by atoms with Gasteiger partial charge in [-0.1, -0.05) is 115 Å². The fraction of sp³-hybridized carbons (Fsp3) is 0.0526. The van der Waals surface area contributed by atoms with Gasteiger partial charge in [0.25, 0.3) is 6.33 Å². The average Bonchev–Trinajstić information content (AvgIpc) is 3.92. The molecule has 0 aliphatic carbocycles. The molecule has 8 aromatic carbocycles. The van der Waals surface area contributed by atoms with Gasteiger partial charge in [-0.3, -0.25) is 4.57 Å². The molecule has 0 fully saturated rings. The molecule has 3 aromatic heterocycles. The van der Waals surface area contributed by atoms with Crippen LogP contribution in [0.2, 0.25) is 17.3 Å². The Labute approximate surface area is 376 Å². The summed E-state index contributed by atoms with van der Waals surface area (Å²) in [6, 6.07) is 53.9. The summed E-state index contributed by atoms with van der Waals surface area (Å²) in [6.07, 6.45) is 5.67. The second-order valence-corrected chi connectivity index (χ2v) is 27.7. The van der Waals surface area contributed by atoms with Crippen LogP contribution in [-0.4, -0.2) is 27.4 Å². The molecule has 0 bridgehead atoms. The van der Waals surface area contributed by atoms with E-state index in [0.717, 1.165) is 77.7 Å². The molecule has 63 heavy (non-hydrogen) atoms. The van der Waals surface area contributed by atoms with E-state index in [9.17, 15) is 2.74 Å². The quantitative estimate of drug-likeness (QED) is 0.0948. The maximum absolute atomic E-state index is 9.17. The molecule has 0 unspecified atom stereocenters. The minimum atomic E-state index is -2.18. The van der Waals surface area contributed by atoms with E-state index < -0.39 is 31.4 Å². The first-order chi connectivity index (χ1) is 33.0. The molecule has 4 heterocycles. The fourth-order valence-corrected chi connectivity index (χ4v) is 11.7. The Kier molecular flexibility index (Phi) is 7.46. The number of nitrogens with zero attached hydrogens (tertiary/aromatic N) is 4. The van der Waals surface area contributed by atoms with Crippen LogP contribution in [0.25, 0.3) is 94.5 Å². The molecule has 0 saturated heterocycles. The van der Waals surface area contributed by atoms with Gasteiger partial charge in [-0.2, -0.15) is 0 Å². The number of imidazole rings is 1. The Bertz CT molecular complexity index is 3880. The first-order valence-corrected chi connectivity index (χ1v) is 28.5. The van der Waals surface area contributed by atoms with Crippen molar-refractivity contribution in [2.45, 2.75) is 17.3 Å². The van der Waals surface area contributed by atoms with E-state index in [4.69, 9.17) is 13.8 Å². The predicted molar refractivity (Wildman–Crippen MR) is 261 cm³/mol. The van der Waals surface area contributed by atoms with Crippen LogP contribution in [0.15, 0.2) is 200 Å². The van der Waals surface area contributed by atoms with Crippen LogP contribution in [0.5, 0.6) is 11.5 Å². The smallest absolute Gasteiger partial charge is 0.0660 e. The minimum absolute atomic E-state index is 0.118. The number of rotatable bonds is 6. The van der Waals surface area contributed by atoms with Crippen LogP contribution >= 0.6 is 0 Å². The van der Waals surface area contributed by atoms with Gasteiger partial charge in [0, 0.05) is 0 Å². The topological polar surface area (TPSA) is 35.9 Å². The Morgan fingerprint density at radius 2 is 1.17 bits per heavy atom. The number of aromatic nitrogens is 4. The molecule has 0 amide bonds. The van der Waals surface area contributed by atoms with Crippen molar-refractivity contribution in [1.82, 2.24) is 14.1 Å². The SMILES string of the molecule is [2H]c1c([2H])c([2H])c(-c2cccc3c2-[n+]2[c-]n(-c4cccc(Oc5ccc6c7ccccc7n(-c7c[c]([Ge]([CH3])([CH3])[CH3])ccn7)c6c5)c4)c4cccc(c42)-c2ccccc2-c2ccccc2-3)c([2H])c1[2H]. The van der Waals surface area contributed by atoms with E-state index in [1.807, 2.05) is 82.1 Å². The molecule has 12 rings (SSSR count). The van der Waals surface area contributed by atoms with Gasteiger partial charge in [-0.25, -0.2) is 0 Å². The van der Waals surface area contributed by atoms with Crippen molar-refractivity contribution < 1.29 is 16.2 Å². The summed E-state index contributed by atoms with van der Waals surface area (Å²) in [6.45, 7) is 0. The second-order valence-electron chi connectivity index (χ2n) is 17.0. The molecule has 0 spiro atoms. The van der Waals surface area contributed by atoms with E-state index in [1.54, 1.807) is 0 Å². The van der Waals surface area contributed by atoms with Gasteiger partial charge in [0.1, 0.15) is 0 Å². The summed E-state index contributed by atoms with van der Waals surface area (Å²) in [5.74, 6) is 9.38. The van der Waals surface area contributed by atoms with Crippen molar-refractivity contribution in [2.24, 2.45) is 0 Å². The fourth-order valence-electron chi connectivity index (χ4n) is 9.31. The normalized spacial score (nSPS) is 13.2. The second kappa shape index (κ2) is 14.6. The van der Waals surface area contributed by atoms with Crippen LogP contribution in [0.1, 0.15) is 6.85 Å². The van der Waals surface area contributed by atoms with E-state index in [-0.39, 0.29) is 17.6 Å². The van der Waals surface area contributed by atoms with Crippen molar-refractivity contribution in [3.8, 4) is 73.2 Å². The molecular formula is C57H42GeN4O. The Morgan fingerprint density at radius 1 is 0.556 bits per heavy atom. The number of hydrogen-bond donors (Lipinski definition) is 0. The van der Waals surface area contributed by atoms with Gasteiger partial charge in [-0.05, 0) is 44.5 Å².